The van der Waals surface area contributed by atoms with E-state index in [9.17, 15) is 18.0 Å². The van der Waals surface area contributed by atoms with Gasteiger partial charge >= 0.3 is 5.97 Å². The number of ether oxygens (including phenoxy) is 1. The molecule has 3 rings (SSSR count). The lowest BCUT2D eigenvalue weighted by Crippen LogP contribution is -2.37. The lowest BCUT2D eigenvalue weighted by Gasteiger charge is -2.30. The predicted octanol–water partition coefficient (Wildman–Crippen LogP) is 4.52. The van der Waals surface area contributed by atoms with Crippen LogP contribution in [0.15, 0.2) is 65.6 Å². The Labute approximate surface area is 206 Å². The number of carbonyl (C=O) groups excluding carboxylic acids is 2. The number of halogens is 1. The molecule has 1 N–H and O–H groups in total. The molecule has 0 saturated carbocycles. The number of benzene rings is 2. The first-order valence-corrected chi connectivity index (χ1v) is 12.9. The van der Waals surface area contributed by atoms with Crippen LogP contribution in [0.3, 0.4) is 0 Å². The molecule has 1 aliphatic heterocycles. The van der Waals surface area contributed by atoms with Crippen molar-refractivity contribution in [3.8, 4) is 0 Å². The van der Waals surface area contributed by atoms with Crippen LogP contribution in [0.25, 0.3) is 6.08 Å². The standard InChI is InChI=1S/C19H24ClNO3.C6H6O3S/c1-2-24-19(23)16-9-12-21(13-10-16)14-11-18(22)8-5-15-3-6-17(20)7-4-15;7-10(8,9)6-4-2-1-3-5-6/h3-8,16H,2,9-14H2,1H3;1-5H,(H,7,8,9)/b8-5+;. The second-order valence-corrected chi connectivity index (χ2v) is 9.62. The van der Waals surface area contributed by atoms with Crippen LogP contribution in [0.2, 0.25) is 5.02 Å². The van der Waals surface area contributed by atoms with Crippen LogP contribution in [-0.4, -0.2) is 55.9 Å². The molecule has 1 saturated heterocycles. The topological polar surface area (TPSA) is 101 Å². The number of hydrogen-bond donors (Lipinski definition) is 1. The van der Waals surface area contributed by atoms with Gasteiger partial charge in [0.25, 0.3) is 10.1 Å². The van der Waals surface area contributed by atoms with Gasteiger partial charge in [0.2, 0.25) is 0 Å². The first-order chi connectivity index (χ1) is 16.2. The van der Waals surface area contributed by atoms with Crippen molar-refractivity contribution in [2.45, 2.75) is 31.1 Å². The monoisotopic (exact) mass is 507 g/mol. The molecule has 7 nitrogen and oxygen atoms in total. The van der Waals surface area contributed by atoms with E-state index in [2.05, 4.69) is 4.90 Å². The van der Waals surface area contributed by atoms with E-state index in [1.165, 1.54) is 12.1 Å². The van der Waals surface area contributed by atoms with E-state index in [0.29, 0.717) is 18.1 Å². The van der Waals surface area contributed by atoms with Crippen molar-refractivity contribution in [2.24, 2.45) is 5.92 Å². The molecule has 1 aliphatic rings. The van der Waals surface area contributed by atoms with E-state index >= 15 is 0 Å². The van der Waals surface area contributed by atoms with Crippen LogP contribution in [0.5, 0.6) is 0 Å². The summed E-state index contributed by atoms with van der Waals surface area (Å²) in [5.41, 5.74) is 0.961. The predicted molar refractivity (Wildman–Crippen MR) is 132 cm³/mol. The van der Waals surface area contributed by atoms with Crippen LogP contribution in [0, 0.1) is 5.92 Å². The molecule has 1 heterocycles. The second-order valence-electron chi connectivity index (χ2n) is 7.76. The summed E-state index contributed by atoms with van der Waals surface area (Å²) >= 11 is 5.83. The van der Waals surface area contributed by atoms with Crippen LogP contribution in [0.4, 0.5) is 0 Å². The summed E-state index contributed by atoms with van der Waals surface area (Å²) < 4.78 is 34.3. The molecular weight excluding hydrogens is 478 g/mol. The quantitative estimate of drug-likeness (QED) is 0.318. The van der Waals surface area contributed by atoms with Crippen molar-refractivity contribution >= 4 is 39.5 Å². The summed E-state index contributed by atoms with van der Waals surface area (Å²) in [5, 5.41) is 0.685. The Kier molecular flexibility index (Phi) is 11.4. The van der Waals surface area contributed by atoms with Gasteiger partial charge in [0.05, 0.1) is 17.4 Å². The molecule has 0 bridgehead atoms. The highest BCUT2D eigenvalue weighted by atomic mass is 35.5. The van der Waals surface area contributed by atoms with Crippen LogP contribution >= 0.6 is 11.6 Å². The fourth-order valence-corrected chi connectivity index (χ4v) is 3.99. The highest BCUT2D eigenvalue weighted by Crippen LogP contribution is 2.19. The fraction of sp³-hybridized carbons (Fsp3) is 0.360. The van der Waals surface area contributed by atoms with E-state index in [0.717, 1.165) is 38.0 Å². The molecule has 0 atom stereocenters. The number of carbonyl (C=O) groups is 2. The molecule has 0 aliphatic carbocycles. The number of hydrogen-bond acceptors (Lipinski definition) is 6. The Hall–Kier alpha value is -2.52. The minimum atomic E-state index is -4.00. The average molecular weight is 508 g/mol. The molecule has 34 heavy (non-hydrogen) atoms. The Bertz CT molecular complexity index is 1050. The average Bonchev–Trinajstić information content (AvgIpc) is 2.83. The molecule has 184 valence electrons. The zero-order valence-corrected chi connectivity index (χ0v) is 20.7. The highest BCUT2D eigenvalue weighted by molar-refractivity contribution is 7.85. The van der Waals surface area contributed by atoms with Crippen LogP contribution < -0.4 is 0 Å². The Morgan fingerprint density at radius 2 is 1.71 bits per heavy atom. The Morgan fingerprint density at radius 3 is 2.24 bits per heavy atom. The number of ketones is 1. The summed E-state index contributed by atoms with van der Waals surface area (Å²) in [4.78, 5) is 25.8. The van der Waals surface area contributed by atoms with Gasteiger partial charge in [0, 0.05) is 18.0 Å². The molecular formula is C25H30ClNO6S. The summed E-state index contributed by atoms with van der Waals surface area (Å²) in [7, 11) is -4.00. The number of piperidine rings is 1. The van der Waals surface area contributed by atoms with Gasteiger partial charge in [-0.1, -0.05) is 48.0 Å². The minimum absolute atomic E-state index is 0.0155. The van der Waals surface area contributed by atoms with Gasteiger partial charge in [-0.3, -0.25) is 14.1 Å². The van der Waals surface area contributed by atoms with Crippen molar-refractivity contribution in [3.63, 3.8) is 0 Å². The maximum Gasteiger partial charge on any atom is 0.309 e. The normalized spacial score (nSPS) is 14.9. The van der Waals surface area contributed by atoms with Crippen molar-refractivity contribution in [3.05, 3.63) is 71.3 Å². The number of rotatable bonds is 8. The molecule has 1 fully saturated rings. The van der Waals surface area contributed by atoms with E-state index in [1.54, 1.807) is 36.4 Å². The number of esters is 1. The fourth-order valence-electron chi connectivity index (χ4n) is 3.36. The first-order valence-electron chi connectivity index (χ1n) is 11.1. The van der Waals surface area contributed by atoms with Gasteiger partial charge in [-0.25, -0.2) is 0 Å². The number of likely N-dealkylation sites (tertiary alicyclic amines) is 1. The third-order valence-corrected chi connectivity index (χ3v) is 6.37. The van der Waals surface area contributed by atoms with Gasteiger partial charge in [-0.05, 0) is 68.8 Å². The van der Waals surface area contributed by atoms with Gasteiger partial charge in [-0.2, -0.15) is 8.42 Å². The van der Waals surface area contributed by atoms with Crippen LogP contribution in [-0.2, 0) is 24.4 Å². The third-order valence-electron chi connectivity index (χ3n) is 5.25. The summed E-state index contributed by atoms with van der Waals surface area (Å²) in [6.45, 7) is 4.69. The lowest BCUT2D eigenvalue weighted by atomic mass is 9.97. The molecule has 2 aromatic carbocycles. The highest BCUT2D eigenvalue weighted by Gasteiger charge is 2.25. The Morgan fingerprint density at radius 1 is 1.09 bits per heavy atom. The second kappa shape index (κ2) is 14.0. The van der Waals surface area contributed by atoms with Crippen molar-refractivity contribution in [1.82, 2.24) is 4.90 Å². The van der Waals surface area contributed by atoms with Gasteiger partial charge in [0.15, 0.2) is 5.78 Å². The van der Waals surface area contributed by atoms with Crippen LogP contribution in [0.1, 0.15) is 31.7 Å². The molecule has 0 amide bonds. The van der Waals surface area contributed by atoms with Crippen molar-refractivity contribution < 1.29 is 27.3 Å². The minimum Gasteiger partial charge on any atom is -0.466 e. The molecule has 2 aromatic rings. The summed E-state index contributed by atoms with van der Waals surface area (Å²) in [6.07, 6.45) is 5.55. The molecule has 0 radical (unpaired) electrons. The largest absolute Gasteiger partial charge is 0.466 e. The zero-order valence-electron chi connectivity index (χ0n) is 19.1. The smallest absolute Gasteiger partial charge is 0.309 e. The lowest BCUT2D eigenvalue weighted by molar-refractivity contribution is -0.149. The van der Waals surface area contributed by atoms with Crippen molar-refractivity contribution in [2.75, 3.05) is 26.2 Å². The first kappa shape index (κ1) is 27.7. The maximum atomic E-state index is 12.0. The van der Waals surface area contributed by atoms with Crippen molar-refractivity contribution in [1.29, 1.82) is 0 Å². The molecule has 0 aromatic heterocycles. The number of nitrogens with zero attached hydrogens (tertiary/aromatic N) is 1. The molecule has 9 heteroatoms. The van der Waals surface area contributed by atoms with Gasteiger partial charge in [0.1, 0.15) is 0 Å². The maximum absolute atomic E-state index is 12.0. The molecule has 0 unspecified atom stereocenters. The number of allylic oxidation sites excluding steroid dienone is 1. The van der Waals surface area contributed by atoms with Gasteiger partial charge < -0.3 is 9.64 Å². The Balaban J connectivity index is 0.000000340. The van der Waals surface area contributed by atoms with Gasteiger partial charge in [-0.15, -0.1) is 0 Å². The third kappa shape index (κ3) is 10.2. The van der Waals surface area contributed by atoms with E-state index in [1.807, 2.05) is 25.1 Å². The zero-order chi connectivity index (χ0) is 25.0. The van der Waals surface area contributed by atoms with E-state index in [4.69, 9.17) is 20.9 Å². The molecule has 0 spiro atoms. The summed E-state index contributed by atoms with van der Waals surface area (Å²) in [6, 6.07) is 14.8. The van der Waals surface area contributed by atoms with E-state index in [-0.39, 0.29) is 22.6 Å². The summed E-state index contributed by atoms with van der Waals surface area (Å²) in [5.74, 6) is 0.0401. The van der Waals surface area contributed by atoms with E-state index < -0.39 is 10.1 Å². The SMILES string of the molecule is CCOC(=O)C1CCN(CCC(=O)/C=C/c2ccc(Cl)cc2)CC1.O=S(=O)(O)c1ccccc1.